The molecule has 0 unspecified atom stereocenters. The third-order valence-electron chi connectivity index (χ3n) is 1.82. The van der Waals surface area contributed by atoms with Gasteiger partial charge in [0.1, 0.15) is 5.56 Å². The summed E-state index contributed by atoms with van der Waals surface area (Å²) in [7, 11) is 0. The van der Waals surface area contributed by atoms with E-state index in [-0.39, 0.29) is 17.9 Å². The van der Waals surface area contributed by atoms with Crippen LogP contribution < -0.4 is 10.5 Å². The molecule has 0 fully saturated rings. The first-order valence-corrected chi connectivity index (χ1v) is 5.17. The van der Waals surface area contributed by atoms with Crippen LogP contribution in [0.25, 0.3) is 0 Å². The molecular formula is C9H9BrN2O4. The largest absolute Gasteiger partial charge is 0.486 e. The highest BCUT2D eigenvalue weighted by Crippen LogP contribution is 2.37. The smallest absolute Gasteiger partial charge is 0.324 e. The number of amides is 1. The molecule has 1 amide bonds. The van der Waals surface area contributed by atoms with Crippen molar-refractivity contribution in [2.75, 3.05) is 6.61 Å². The fourth-order valence-electron chi connectivity index (χ4n) is 1.21. The SMILES string of the molecule is CCOc1c(Br)ccc(C(N)=O)c1[N+](=O)[O-]. The minimum atomic E-state index is -0.861. The lowest BCUT2D eigenvalue weighted by atomic mass is 10.1. The van der Waals surface area contributed by atoms with Gasteiger partial charge in [-0.2, -0.15) is 0 Å². The van der Waals surface area contributed by atoms with Crippen LogP contribution in [0.5, 0.6) is 5.75 Å². The third-order valence-corrected chi connectivity index (χ3v) is 2.44. The first-order chi connectivity index (χ1) is 7.49. The minimum Gasteiger partial charge on any atom is -0.486 e. The zero-order valence-corrected chi connectivity index (χ0v) is 9.98. The Kier molecular flexibility index (Phi) is 3.83. The zero-order valence-electron chi connectivity index (χ0n) is 8.40. The normalized spacial score (nSPS) is 9.88. The fourth-order valence-corrected chi connectivity index (χ4v) is 1.64. The molecule has 0 atom stereocenters. The number of primary amides is 1. The molecule has 0 aliphatic rings. The molecule has 0 saturated heterocycles. The Morgan fingerprint density at radius 2 is 2.25 bits per heavy atom. The Morgan fingerprint density at radius 3 is 2.69 bits per heavy atom. The predicted octanol–water partition coefficient (Wildman–Crippen LogP) is 1.85. The maximum Gasteiger partial charge on any atom is 0.324 e. The molecule has 1 aromatic rings. The van der Waals surface area contributed by atoms with E-state index in [0.29, 0.717) is 4.47 Å². The number of carbonyl (C=O) groups excluding carboxylic acids is 1. The monoisotopic (exact) mass is 288 g/mol. The van der Waals surface area contributed by atoms with Gasteiger partial charge >= 0.3 is 5.69 Å². The van der Waals surface area contributed by atoms with E-state index in [9.17, 15) is 14.9 Å². The van der Waals surface area contributed by atoms with E-state index < -0.39 is 16.5 Å². The minimum absolute atomic E-state index is 0.0174. The molecule has 86 valence electrons. The molecule has 7 heteroatoms. The lowest BCUT2D eigenvalue weighted by Crippen LogP contribution is -2.14. The summed E-state index contributed by atoms with van der Waals surface area (Å²) >= 11 is 3.12. The molecular weight excluding hydrogens is 280 g/mol. The Labute approximate surface area is 99.7 Å². The van der Waals surface area contributed by atoms with Crippen LogP contribution in [0.2, 0.25) is 0 Å². The summed E-state index contributed by atoms with van der Waals surface area (Å²) in [5.41, 5.74) is 4.47. The zero-order chi connectivity index (χ0) is 12.3. The first-order valence-electron chi connectivity index (χ1n) is 4.38. The van der Waals surface area contributed by atoms with Gasteiger partial charge in [0.15, 0.2) is 0 Å². The second-order valence-corrected chi connectivity index (χ2v) is 3.68. The van der Waals surface area contributed by atoms with Gasteiger partial charge in [0.2, 0.25) is 5.75 Å². The number of nitro benzene ring substituents is 1. The number of nitrogens with zero attached hydrogens (tertiary/aromatic N) is 1. The van der Waals surface area contributed by atoms with E-state index in [4.69, 9.17) is 10.5 Å². The molecule has 0 spiro atoms. The number of nitro groups is 1. The van der Waals surface area contributed by atoms with Crippen LogP contribution in [0.1, 0.15) is 17.3 Å². The van der Waals surface area contributed by atoms with Crippen molar-refractivity contribution < 1.29 is 14.5 Å². The van der Waals surface area contributed by atoms with Gasteiger partial charge in [0.25, 0.3) is 5.91 Å². The van der Waals surface area contributed by atoms with Crippen molar-refractivity contribution in [2.45, 2.75) is 6.92 Å². The summed E-state index contributed by atoms with van der Waals surface area (Å²) in [5.74, 6) is -0.844. The molecule has 1 rings (SSSR count). The molecule has 1 aromatic carbocycles. The Bertz CT molecular complexity index is 447. The van der Waals surface area contributed by atoms with Gasteiger partial charge in [-0.1, -0.05) is 0 Å². The lowest BCUT2D eigenvalue weighted by Gasteiger charge is -2.08. The summed E-state index contributed by atoms with van der Waals surface area (Å²) in [4.78, 5) is 21.2. The number of ether oxygens (including phenoxy) is 1. The Balaban J connectivity index is 3.49. The summed E-state index contributed by atoms with van der Waals surface area (Å²) in [6, 6.07) is 2.77. The summed E-state index contributed by atoms with van der Waals surface area (Å²) in [6.45, 7) is 1.94. The topological polar surface area (TPSA) is 95.5 Å². The number of carbonyl (C=O) groups is 1. The van der Waals surface area contributed by atoms with E-state index >= 15 is 0 Å². The van der Waals surface area contributed by atoms with Crippen molar-refractivity contribution in [3.8, 4) is 5.75 Å². The van der Waals surface area contributed by atoms with Crippen molar-refractivity contribution in [3.63, 3.8) is 0 Å². The van der Waals surface area contributed by atoms with Gasteiger partial charge < -0.3 is 10.5 Å². The molecule has 0 aromatic heterocycles. The highest BCUT2D eigenvalue weighted by molar-refractivity contribution is 9.10. The first kappa shape index (κ1) is 12.4. The van der Waals surface area contributed by atoms with E-state index in [1.807, 2.05) is 0 Å². The van der Waals surface area contributed by atoms with Crippen molar-refractivity contribution >= 4 is 27.5 Å². The van der Waals surface area contributed by atoms with Crippen LogP contribution in [-0.4, -0.2) is 17.4 Å². The molecule has 6 nitrogen and oxygen atoms in total. The number of hydrogen-bond acceptors (Lipinski definition) is 4. The summed E-state index contributed by atoms with van der Waals surface area (Å²) < 4.78 is 5.53. The van der Waals surface area contributed by atoms with Gasteiger partial charge in [0, 0.05) is 0 Å². The van der Waals surface area contributed by atoms with Gasteiger partial charge in [0.05, 0.1) is 16.0 Å². The van der Waals surface area contributed by atoms with E-state index in [1.165, 1.54) is 12.1 Å². The van der Waals surface area contributed by atoms with Gasteiger partial charge in [-0.15, -0.1) is 0 Å². The van der Waals surface area contributed by atoms with Crippen molar-refractivity contribution in [1.82, 2.24) is 0 Å². The van der Waals surface area contributed by atoms with Gasteiger partial charge in [-0.05, 0) is 35.0 Å². The number of rotatable bonds is 4. The van der Waals surface area contributed by atoms with Gasteiger partial charge in [-0.3, -0.25) is 14.9 Å². The van der Waals surface area contributed by atoms with E-state index in [1.54, 1.807) is 6.92 Å². The molecule has 0 aliphatic heterocycles. The quantitative estimate of drug-likeness (QED) is 0.675. The molecule has 0 aliphatic carbocycles. The molecule has 0 bridgehead atoms. The van der Waals surface area contributed by atoms with Crippen molar-refractivity contribution in [3.05, 3.63) is 32.3 Å². The van der Waals surface area contributed by atoms with Crippen LogP contribution in [-0.2, 0) is 0 Å². The van der Waals surface area contributed by atoms with Crippen LogP contribution >= 0.6 is 15.9 Å². The molecule has 2 N–H and O–H groups in total. The highest BCUT2D eigenvalue weighted by Gasteiger charge is 2.26. The number of hydrogen-bond donors (Lipinski definition) is 1. The maximum atomic E-state index is 11.0. The molecule has 16 heavy (non-hydrogen) atoms. The average molecular weight is 289 g/mol. The Morgan fingerprint density at radius 1 is 1.62 bits per heavy atom. The average Bonchev–Trinajstić information content (AvgIpc) is 2.20. The number of nitrogens with two attached hydrogens (primary N) is 1. The van der Waals surface area contributed by atoms with E-state index in [2.05, 4.69) is 15.9 Å². The predicted molar refractivity (Wildman–Crippen MR) is 60.5 cm³/mol. The molecule has 0 heterocycles. The third kappa shape index (κ3) is 2.30. The van der Waals surface area contributed by atoms with Crippen LogP contribution in [0.3, 0.4) is 0 Å². The van der Waals surface area contributed by atoms with Crippen molar-refractivity contribution in [2.24, 2.45) is 5.73 Å². The number of benzene rings is 1. The van der Waals surface area contributed by atoms with Crippen molar-refractivity contribution in [1.29, 1.82) is 0 Å². The molecule has 0 radical (unpaired) electrons. The lowest BCUT2D eigenvalue weighted by molar-refractivity contribution is -0.386. The number of halogens is 1. The van der Waals surface area contributed by atoms with Gasteiger partial charge in [-0.25, -0.2) is 0 Å². The Hall–Kier alpha value is -1.63. The van der Waals surface area contributed by atoms with E-state index in [0.717, 1.165) is 0 Å². The fraction of sp³-hybridized carbons (Fsp3) is 0.222. The highest BCUT2D eigenvalue weighted by atomic mass is 79.9. The second kappa shape index (κ2) is 4.93. The second-order valence-electron chi connectivity index (χ2n) is 2.83. The standard InChI is InChI=1S/C9H9BrN2O4/c1-2-16-8-6(10)4-3-5(9(11)13)7(8)12(14)15/h3-4H,2H2,1H3,(H2,11,13). The summed E-state index contributed by atoms with van der Waals surface area (Å²) in [5, 5.41) is 10.9. The van der Waals surface area contributed by atoms with Crippen LogP contribution in [0.4, 0.5) is 5.69 Å². The molecule has 0 saturated carbocycles. The summed E-state index contributed by atoms with van der Waals surface area (Å²) in [6.07, 6.45) is 0. The maximum absolute atomic E-state index is 11.0. The van der Waals surface area contributed by atoms with Crippen LogP contribution in [0, 0.1) is 10.1 Å². The van der Waals surface area contributed by atoms with Crippen LogP contribution in [0.15, 0.2) is 16.6 Å².